The van der Waals surface area contributed by atoms with Crippen LogP contribution in [0.3, 0.4) is 0 Å². The van der Waals surface area contributed by atoms with Gasteiger partial charge < -0.3 is 10.6 Å². The minimum absolute atomic E-state index is 0. The van der Waals surface area contributed by atoms with Crippen LogP contribution < -0.4 is 10.6 Å². The highest BCUT2D eigenvalue weighted by molar-refractivity contribution is 6.34. The highest BCUT2D eigenvalue weighted by atomic mass is 35.5. The fraction of sp³-hybridized carbons (Fsp3) is 0.500. The van der Waals surface area contributed by atoms with E-state index in [1.165, 1.54) is 18.2 Å². The van der Waals surface area contributed by atoms with E-state index in [0.29, 0.717) is 5.92 Å². The van der Waals surface area contributed by atoms with Gasteiger partial charge in [-0.05, 0) is 37.9 Å². The lowest BCUT2D eigenvalue weighted by Crippen LogP contribution is -2.55. The van der Waals surface area contributed by atoms with Crippen LogP contribution in [-0.2, 0) is 0 Å². The minimum Gasteiger partial charge on any atom is -0.347 e. The van der Waals surface area contributed by atoms with Gasteiger partial charge in [0.1, 0.15) is 5.82 Å². The zero-order chi connectivity index (χ0) is 14.0. The second-order valence-corrected chi connectivity index (χ2v) is 5.49. The maximum Gasteiger partial charge on any atom is 0.253 e. The average Bonchev–Trinajstić information content (AvgIpc) is 2.37. The number of benzene rings is 1. The number of hydrogen-bond acceptors (Lipinski definition) is 2. The van der Waals surface area contributed by atoms with Crippen LogP contribution in [0.2, 0.25) is 5.02 Å². The van der Waals surface area contributed by atoms with E-state index in [0.717, 1.165) is 13.0 Å². The second-order valence-electron chi connectivity index (χ2n) is 5.11. The molecule has 0 aromatic heterocycles. The van der Waals surface area contributed by atoms with E-state index < -0.39 is 5.82 Å². The molecule has 6 heteroatoms. The first-order valence-corrected chi connectivity index (χ1v) is 6.86. The quantitative estimate of drug-likeness (QED) is 0.879. The zero-order valence-electron chi connectivity index (χ0n) is 11.5. The molecule has 3 atom stereocenters. The van der Waals surface area contributed by atoms with Gasteiger partial charge in [-0.2, -0.15) is 0 Å². The Morgan fingerprint density at radius 2 is 2.15 bits per heavy atom. The summed E-state index contributed by atoms with van der Waals surface area (Å²) in [6, 6.07) is 4.49. The van der Waals surface area contributed by atoms with Crippen molar-refractivity contribution >= 4 is 29.9 Å². The van der Waals surface area contributed by atoms with Gasteiger partial charge in [0, 0.05) is 12.1 Å². The van der Waals surface area contributed by atoms with Crippen molar-refractivity contribution in [3.8, 4) is 0 Å². The van der Waals surface area contributed by atoms with E-state index in [-0.39, 0.29) is 41.0 Å². The molecule has 1 aromatic rings. The maximum absolute atomic E-state index is 13.3. The first-order chi connectivity index (χ1) is 9.00. The number of carbonyl (C=O) groups is 1. The fourth-order valence-corrected chi connectivity index (χ4v) is 2.73. The summed E-state index contributed by atoms with van der Waals surface area (Å²) in [5, 5.41) is 6.15. The van der Waals surface area contributed by atoms with Gasteiger partial charge in [-0.15, -0.1) is 12.4 Å². The number of carbonyl (C=O) groups excluding carboxylic acids is 1. The van der Waals surface area contributed by atoms with Crippen LogP contribution in [0.1, 0.15) is 30.6 Å². The summed E-state index contributed by atoms with van der Waals surface area (Å²) in [6.45, 7) is 5.10. The summed E-state index contributed by atoms with van der Waals surface area (Å²) in [6.07, 6.45) is 1.01. The third-order valence-corrected chi connectivity index (χ3v) is 4.10. The number of piperidine rings is 1. The van der Waals surface area contributed by atoms with Crippen molar-refractivity contribution in [3.05, 3.63) is 34.6 Å². The van der Waals surface area contributed by atoms with Gasteiger partial charge >= 0.3 is 0 Å². The van der Waals surface area contributed by atoms with Crippen molar-refractivity contribution in [3.63, 3.8) is 0 Å². The zero-order valence-corrected chi connectivity index (χ0v) is 13.0. The fourth-order valence-electron chi connectivity index (χ4n) is 2.51. The van der Waals surface area contributed by atoms with Crippen LogP contribution in [-0.4, -0.2) is 24.5 Å². The van der Waals surface area contributed by atoms with Crippen molar-refractivity contribution in [1.82, 2.24) is 10.6 Å². The molecule has 0 bridgehead atoms. The summed E-state index contributed by atoms with van der Waals surface area (Å²) in [5.41, 5.74) is 0.187. The molecule has 1 heterocycles. The predicted octanol–water partition coefficient (Wildman–Crippen LogP) is 3.02. The molecule has 112 valence electrons. The molecule has 20 heavy (non-hydrogen) atoms. The molecular weight excluding hydrogens is 302 g/mol. The number of halogens is 3. The number of nitrogens with one attached hydrogen (secondary N) is 2. The summed E-state index contributed by atoms with van der Waals surface area (Å²) >= 11 is 5.83. The minimum atomic E-state index is -0.572. The topological polar surface area (TPSA) is 41.1 Å². The van der Waals surface area contributed by atoms with Crippen molar-refractivity contribution in [2.45, 2.75) is 32.4 Å². The van der Waals surface area contributed by atoms with Gasteiger partial charge in [-0.25, -0.2) is 4.39 Å². The molecule has 0 radical (unpaired) electrons. The molecule has 3 unspecified atom stereocenters. The van der Waals surface area contributed by atoms with E-state index in [2.05, 4.69) is 17.6 Å². The molecule has 0 spiro atoms. The van der Waals surface area contributed by atoms with Crippen LogP contribution in [0.25, 0.3) is 0 Å². The average molecular weight is 321 g/mol. The Bertz CT molecular complexity index is 474. The lowest BCUT2D eigenvalue weighted by atomic mass is 9.89. The van der Waals surface area contributed by atoms with Crippen LogP contribution in [0, 0.1) is 11.7 Å². The summed E-state index contributed by atoms with van der Waals surface area (Å²) in [7, 11) is 0. The third-order valence-electron chi connectivity index (χ3n) is 3.71. The Hall–Kier alpha value is -0.840. The number of amides is 1. The Balaban J connectivity index is 0.00000200. The Morgan fingerprint density at radius 1 is 1.45 bits per heavy atom. The second kappa shape index (κ2) is 7.25. The van der Waals surface area contributed by atoms with Crippen LogP contribution in [0.4, 0.5) is 4.39 Å². The first-order valence-electron chi connectivity index (χ1n) is 6.49. The van der Waals surface area contributed by atoms with Crippen molar-refractivity contribution in [2.24, 2.45) is 5.92 Å². The molecule has 0 aliphatic carbocycles. The Morgan fingerprint density at radius 3 is 2.80 bits per heavy atom. The first kappa shape index (κ1) is 17.2. The summed E-state index contributed by atoms with van der Waals surface area (Å²) < 4.78 is 13.3. The molecule has 1 aliphatic rings. The Kier molecular flexibility index (Phi) is 6.24. The highest BCUT2D eigenvalue weighted by Gasteiger charge is 2.29. The lowest BCUT2D eigenvalue weighted by Gasteiger charge is -2.36. The van der Waals surface area contributed by atoms with Gasteiger partial charge in [0.2, 0.25) is 0 Å². The largest absolute Gasteiger partial charge is 0.347 e. The molecule has 1 aliphatic heterocycles. The molecule has 1 aromatic carbocycles. The monoisotopic (exact) mass is 320 g/mol. The third kappa shape index (κ3) is 3.62. The predicted molar refractivity (Wildman–Crippen MR) is 81.2 cm³/mol. The van der Waals surface area contributed by atoms with Crippen LogP contribution in [0.15, 0.2) is 18.2 Å². The van der Waals surface area contributed by atoms with Crippen LogP contribution >= 0.6 is 24.0 Å². The molecule has 1 fully saturated rings. The molecule has 1 saturated heterocycles. The van der Waals surface area contributed by atoms with Crippen LogP contribution in [0.5, 0.6) is 0 Å². The number of hydrogen-bond donors (Lipinski definition) is 2. The van der Waals surface area contributed by atoms with E-state index in [9.17, 15) is 9.18 Å². The lowest BCUT2D eigenvalue weighted by molar-refractivity contribution is 0.0897. The van der Waals surface area contributed by atoms with Gasteiger partial charge in [0.15, 0.2) is 0 Å². The number of rotatable bonds is 2. The highest BCUT2D eigenvalue weighted by Crippen LogP contribution is 2.21. The van der Waals surface area contributed by atoms with Gasteiger partial charge in [-0.3, -0.25) is 4.79 Å². The van der Waals surface area contributed by atoms with Gasteiger partial charge in [0.05, 0.1) is 10.6 Å². The SMILES string of the molecule is CC1CCNC(C)C1NC(=O)c1cccc(F)c1Cl.Cl. The van der Waals surface area contributed by atoms with Gasteiger partial charge in [0.25, 0.3) is 5.91 Å². The smallest absolute Gasteiger partial charge is 0.253 e. The van der Waals surface area contributed by atoms with Crippen molar-refractivity contribution in [2.75, 3.05) is 6.54 Å². The molecule has 1 amide bonds. The van der Waals surface area contributed by atoms with E-state index in [1.54, 1.807) is 0 Å². The molecule has 2 N–H and O–H groups in total. The summed E-state index contributed by atoms with van der Waals surface area (Å²) in [5.74, 6) is -0.512. The van der Waals surface area contributed by atoms with E-state index in [1.807, 2.05) is 6.92 Å². The van der Waals surface area contributed by atoms with Crippen molar-refractivity contribution in [1.29, 1.82) is 0 Å². The molecule has 2 rings (SSSR count). The molecule has 0 saturated carbocycles. The van der Waals surface area contributed by atoms with E-state index >= 15 is 0 Å². The Labute approximate surface area is 129 Å². The van der Waals surface area contributed by atoms with Crippen molar-refractivity contribution < 1.29 is 9.18 Å². The maximum atomic E-state index is 13.3. The normalized spacial score (nSPS) is 25.7. The van der Waals surface area contributed by atoms with Gasteiger partial charge in [-0.1, -0.05) is 24.6 Å². The molecular formula is C14H19Cl2FN2O. The molecule has 3 nitrogen and oxygen atoms in total. The standard InChI is InChI=1S/C14H18ClFN2O.ClH/c1-8-6-7-17-9(2)13(8)18-14(19)10-4-3-5-11(16)12(10)15;/h3-5,8-9,13,17H,6-7H2,1-2H3,(H,18,19);1H. The van der Waals surface area contributed by atoms with E-state index in [4.69, 9.17) is 11.6 Å². The summed E-state index contributed by atoms with van der Waals surface area (Å²) in [4.78, 5) is 12.2.